The van der Waals surface area contributed by atoms with Crippen molar-refractivity contribution in [2.24, 2.45) is 5.73 Å². The first-order valence-corrected chi connectivity index (χ1v) is 10.0. The fourth-order valence-corrected chi connectivity index (χ4v) is 4.22. The van der Waals surface area contributed by atoms with Crippen molar-refractivity contribution in [1.29, 1.82) is 0 Å². The smallest absolute Gasteiger partial charge is 0.249 e. The number of primary amides is 1. The standard InChI is InChI=1S/C24H15Cl2N2O2/c25-16-7-9-19(26)15(11-16)13-28-20-4-1-3-18(24(27)29)23(20)17-8-6-14(12-21(17)28)22-5-2-10-30-22/h1-7,9-12H,13H2,(H2,27,29). The molecule has 2 N–H and O–H groups in total. The maximum atomic E-state index is 12.1. The third-order valence-corrected chi connectivity index (χ3v) is 5.81. The van der Waals surface area contributed by atoms with E-state index >= 15 is 0 Å². The highest BCUT2D eigenvalue weighted by Gasteiger charge is 2.18. The van der Waals surface area contributed by atoms with Crippen LogP contribution in [-0.4, -0.2) is 10.5 Å². The van der Waals surface area contributed by atoms with Gasteiger partial charge in [0.15, 0.2) is 0 Å². The molecule has 0 atom stereocenters. The minimum absolute atomic E-state index is 0.454. The number of rotatable bonds is 4. The minimum Gasteiger partial charge on any atom is -0.464 e. The number of carbonyl (C=O) groups is 1. The SMILES string of the molecule is NC(=O)c1cccc2c1c1[c]cc(-c3ccco3)cc1n2Cc1cc(Cl)ccc1Cl. The maximum Gasteiger partial charge on any atom is 0.249 e. The van der Waals surface area contributed by atoms with Crippen LogP contribution < -0.4 is 5.73 Å². The van der Waals surface area contributed by atoms with Gasteiger partial charge in [-0.15, -0.1) is 0 Å². The Morgan fingerprint density at radius 3 is 2.70 bits per heavy atom. The van der Waals surface area contributed by atoms with Crippen LogP contribution in [0.25, 0.3) is 33.1 Å². The van der Waals surface area contributed by atoms with Crippen molar-refractivity contribution in [3.63, 3.8) is 0 Å². The van der Waals surface area contributed by atoms with E-state index in [0.29, 0.717) is 22.2 Å². The first-order valence-electron chi connectivity index (χ1n) is 9.27. The van der Waals surface area contributed by atoms with E-state index in [9.17, 15) is 4.79 Å². The lowest BCUT2D eigenvalue weighted by Gasteiger charge is -2.10. The number of aromatic nitrogens is 1. The van der Waals surface area contributed by atoms with Crippen LogP contribution in [0.2, 0.25) is 10.0 Å². The molecule has 147 valence electrons. The van der Waals surface area contributed by atoms with Gasteiger partial charge in [0, 0.05) is 38.5 Å². The van der Waals surface area contributed by atoms with Gasteiger partial charge in [0.05, 0.1) is 17.3 Å². The molecule has 1 amide bonds. The summed E-state index contributed by atoms with van der Waals surface area (Å²) in [5.41, 5.74) is 9.64. The van der Waals surface area contributed by atoms with E-state index in [4.69, 9.17) is 33.4 Å². The molecular formula is C24H15Cl2N2O2. The largest absolute Gasteiger partial charge is 0.464 e. The zero-order chi connectivity index (χ0) is 20.8. The van der Waals surface area contributed by atoms with Crippen LogP contribution >= 0.6 is 23.2 Å². The second kappa shape index (κ2) is 7.24. The van der Waals surface area contributed by atoms with E-state index in [1.807, 2.05) is 42.5 Å². The summed E-state index contributed by atoms with van der Waals surface area (Å²) < 4.78 is 7.65. The summed E-state index contributed by atoms with van der Waals surface area (Å²) in [4.78, 5) is 12.1. The minimum atomic E-state index is -0.482. The number of carbonyl (C=O) groups excluding carboxylic acids is 1. The summed E-state index contributed by atoms with van der Waals surface area (Å²) >= 11 is 12.6. The van der Waals surface area contributed by atoms with Crippen LogP contribution in [0, 0.1) is 6.07 Å². The van der Waals surface area contributed by atoms with Gasteiger partial charge < -0.3 is 14.7 Å². The first-order chi connectivity index (χ1) is 14.5. The third kappa shape index (κ3) is 3.05. The van der Waals surface area contributed by atoms with Crippen LogP contribution in [0.4, 0.5) is 0 Å². The van der Waals surface area contributed by atoms with Gasteiger partial charge in [-0.3, -0.25) is 4.79 Å². The number of nitrogens with zero attached hydrogens (tertiary/aromatic N) is 1. The molecular weight excluding hydrogens is 419 g/mol. The molecule has 1 radical (unpaired) electrons. The Labute approximate surface area is 182 Å². The number of benzene rings is 3. The van der Waals surface area contributed by atoms with Crippen LogP contribution in [-0.2, 0) is 6.54 Å². The van der Waals surface area contributed by atoms with Crippen molar-refractivity contribution in [1.82, 2.24) is 4.57 Å². The summed E-state index contributed by atoms with van der Waals surface area (Å²) in [6.07, 6.45) is 1.63. The van der Waals surface area contributed by atoms with E-state index in [1.165, 1.54) is 0 Å². The van der Waals surface area contributed by atoms with Crippen molar-refractivity contribution in [3.05, 3.63) is 94.2 Å². The molecule has 0 saturated carbocycles. The second-order valence-electron chi connectivity index (χ2n) is 7.01. The first kappa shape index (κ1) is 18.8. The van der Waals surface area contributed by atoms with E-state index in [1.54, 1.807) is 24.5 Å². The Balaban J connectivity index is 1.83. The maximum absolute atomic E-state index is 12.1. The topological polar surface area (TPSA) is 61.2 Å². The number of nitrogens with two attached hydrogens (primary N) is 1. The lowest BCUT2D eigenvalue weighted by atomic mass is 10.0. The molecule has 0 aliphatic rings. The van der Waals surface area contributed by atoms with E-state index in [2.05, 4.69) is 10.6 Å². The number of fused-ring (bicyclic) bond motifs is 3. The van der Waals surface area contributed by atoms with Crippen molar-refractivity contribution < 1.29 is 9.21 Å². The molecule has 2 heterocycles. The summed E-state index contributed by atoms with van der Waals surface area (Å²) in [5, 5.41) is 2.81. The predicted octanol–water partition coefficient (Wildman–Crippen LogP) is 6.31. The van der Waals surface area contributed by atoms with Crippen molar-refractivity contribution in [2.75, 3.05) is 0 Å². The molecule has 3 aromatic carbocycles. The van der Waals surface area contributed by atoms with E-state index in [0.717, 1.165) is 38.7 Å². The second-order valence-corrected chi connectivity index (χ2v) is 7.86. The van der Waals surface area contributed by atoms with Gasteiger partial charge in [-0.2, -0.15) is 0 Å². The van der Waals surface area contributed by atoms with Crippen molar-refractivity contribution in [3.8, 4) is 11.3 Å². The molecule has 0 spiro atoms. The van der Waals surface area contributed by atoms with Crippen molar-refractivity contribution in [2.45, 2.75) is 6.54 Å². The number of hydrogen-bond donors (Lipinski definition) is 1. The monoisotopic (exact) mass is 433 g/mol. The summed E-state index contributed by atoms with van der Waals surface area (Å²) in [7, 11) is 0. The molecule has 0 fully saturated rings. The van der Waals surface area contributed by atoms with Crippen LogP contribution in [0.3, 0.4) is 0 Å². The van der Waals surface area contributed by atoms with E-state index < -0.39 is 5.91 Å². The Kier molecular flexibility index (Phi) is 4.54. The van der Waals surface area contributed by atoms with Crippen LogP contribution in [0.15, 0.2) is 71.3 Å². The average Bonchev–Trinajstić information content (AvgIpc) is 3.37. The summed E-state index contributed by atoms with van der Waals surface area (Å²) in [6.45, 7) is 0.469. The molecule has 0 aliphatic heterocycles. The highest BCUT2D eigenvalue weighted by molar-refractivity contribution is 6.33. The zero-order valence-corrected chi connectivity index (χ0v) is 17.2. The number of hydrogen-bond acceptors (Lipinski definition) is 2. The Hall–Kier alpha value is -3.21. The molecule has 5 rings (SSSR count). The average molecular weight is 434 g/mol. The quantitative estimate of drug-likeness (QED) is 0.360. The summed E-state index contributed by atoms with van der Waals surface area (Å²) in [6, 6.07) is 21.8. The number of furan rings is 1. The third-order valence-electron chi connectivity index (χ3n) is 5.20. The molecule has 6 heteroatoms. The highest BCUT2D eigenvalue weighted by Crippen LogP contribution is 2.35. The van der Waals surface area contributed by atoms with Gasteiger partial charge >= 0.3 is 0 Å². The Morgan fingerprint density at radius 1 is 1.07 bits per heavy atom. The Morgan fingerprint density at radius 2 is 1.93 bits per heavy atom. The predicted molar refractivity (Wildman–Crippen MR) is 120 cm³/mol. The van der Waals surface area contributed by atoms with Gasteiger partial charge in [0.2, 0.25) is 5.91 Å². The van der Waals surface area contributed by atoms with Gasteiger partial charge in [-0.1, -0.05) is 29.3 Å². The van der Waals surface area contributed by atoms with E-state index in [-0.39, 0.29) is 0 Å². The molecule has 2 aromatic heterocycles. The fourth-order valence-electron chi connectivity index (χ4n) is 3.85. The fraction of sp³-hybridized carbons (Fsp3) is 0.0417. The van der Waals surface area contributed by atoms with Gasteiger partial charge in [-0.05, 0) is 66.2 Å². The van der Waals surface area contributed by atoms with Crippen LogP contribution in [0.5, 0.6) is 0 Å². The molecule has 0 bridgehead atoms. The molecule has 0 saturated heterocycles. The summed E-state index contributed by atoms with van der Waals surface area (Å²) in [5.74, 6) is 0.254. The number of amides is 1. The lowest BCUT2D eigenvalue weighted by Crippen LogP contribution is -2.11. The normalized spacial score (nSPS) is 11.4. The molecule has 0 unspecified atom stereocenters. The van der Waals surface area contributed by atoms with Crippen molar-refractivity contribution >= 4 is 50.9 Å². The lowest BCUT2D eigenvalue weighted by molar-refractivity contribution is 0.100. The molecule has 0 aliphatic carbocycles. The molecule has 5 aromatic rings. The highest BCUT2D eigenvalue weighted by atomic mass is 35.5. The molecule has 30 heavy (non-hydrogen) atoms. The number of halogens is 2. The van der Waals surface area contributed by atoms with Crippen LogP contribution in [0.1, 0.15) is 15.9 Å². The van der Waals surface area contributed by atoms with Gasteiger partial charge in [0.25, 0.3) is 0 Å². The molecule has 4 nitrogen and oxygen atoms in total. The van der Waals surface area contributed by atoms with Gasteiger partial charge in [0.1, 0.15) is 5.76 Å². The van der Waals surface area contributed by atoms with Gasteiger partial charge in [-0.25, -0.2) is 0 Å². The zero-order valence-electron chi connectivity index (χ0n) is 15.7. The Bertz CT molecular complexity index is 1420.